The third-order valence-corrected chi connectivity index (χ3v) is 3.66. The molecule has 5 heteroatoms. The molecular formula is C18H13N5. The molecule has 4 rings (SSSR count). The molecule has 0 aliphatic heterocycles. The van der Waals surface area contributed by atoms with E-state index < -0.39 is 0 Å². The fraction of sp³-hybridized carbons (Fsp3) is 0. The number of nitrogens with one attached hydrogen (secondary N) is 1. The Labute approximate surface area is 133 Å². The minimum absolute atomic E-state index is 0.894. The van der Waals surface area contributed by atoms with Crippen molar-refractivity contribution < 1.29 is 0 Å². The molecule has 0 atom stereocenters. The van der Waals surface area contributed by atoms with Crippen molar-refractivity contribution >= 4 is 0 Å². The van der Waals surface area contributed by atoms with E-state index in [9.17, 15) is 0 Å². The highest BCUT2D eigenvalue weighted by Crippen LogP contribution is 2.37. The molecule has 4 aromatic rings. The van der Waals surface area contributed by atoms with Crippen molar-refractivity contribution in [1.29, 1.82) is 0 Å². The van der Waals surface area contributed by atoms with Gasteiger partial charge in [-0.3, -0.25) is 20.1 Å². The molecule has 5 nitrogen and oxygen atoms in total. The Morgan fingerprint density at radius 2 is 1.04 bits per heavy atom. The maximum atomic E-state index is 4.55. The van der Waals surface area contributed by atoms with Gasteiger partial charge >= 0.3 is 0 Å². The van der Waals surface area contributed by atoms with Gasteiger partial charge < -0.3 is 0 Å². The van der Waals surface area contributed by atoms with Gasteiger partial charge in [0.2, 0.25) is 0 Å². The van der Waals surface area contributed by atoms with Crippen LogP contribution in [-0.2, 0) is 0 Å². The molecule has 0 saturated heterocycles. The highest BCUT2D eigenvalue weighted by Gasteiger charge is 2.17. The fourth-order valence-corrected chi connectivity index (χ4v) is 2.59. The van der Waals surface area contributed by atoms with Crippen LogP contribution in [0.1, 0.15) is 0 Å². The van der Waals surface area contributed by atoms with Crippen molar-refractivity contribution in [1.82, 2.24) is 25.1 Å². The van der Waals surface area contributed by atoms with Gasteiger partial charge in [-0.1, -0.05) is 0 Å². The Bertz CT molecular complexity index is 845. The molecule has 0 fully saturated rings. The van der Waals surface area contributed by atoms with Crippen molar-refractivity contribution in [2.75, 3.05) is 0 Å². The van der Waals surface area contributed by atoms with Gasteiger partial charge in [-0.25, -0.2) is 0 Å². The van der Waals surface area contributed by atoms with Crippen LogP contribution in [-0.4, -0.2) is 25.1 Å². The van der Waals surface area contributed by atoms with E-state index >= 15 is 0 Å². The summed E-state index contributed by atoms with van der Waals surface area (Å²) in [6.07, 6.45) is 10.7. The molecule has 1 N–H and O–H groups in total. The number of hydrogen-bond donors (Lipinski definition) is 1. The van der Waals surface area contributed by atoms with E-state index in [0.717, 1.165) is 33.6 Å². The Hall–Kier alpha value is -3.34. The molecule has 0 aliphatic rings. The van der Waals surface area contributed by atoms with Gasteiger partial charge in [0.05, 0.1) is 5.69 Å². The second-order valence-electron chi connectivity index (χ2n) is 5.03. The maximum Gasteiger partial charge on any atom is 0.101 e. The summed E-state index contributed by atoms with van der Waals surface area (Å²) in [7, 11) is 0. The summed E-state index contributed by atoms with van der Waals surface area (Å²) >= 11 is 0. The van der Waals surface area contributed by atoms with E-state index in [1.54, 1.807) is 37.2 Å². The first-order valence-corrected chi connectivity index (χ1v) is 7.23. The van der Waals surface area contributed by atoms with E-state index in [1.165, 1.54) is 0 Å². The minimum Gasteiger partial charge on any atom is -0.277 e. The van der Waals surface area contributed by atoms with Crippen LogP contribution in [0.3, 0.4) is 0 Å². The molecule has 0 bridgehead atoms. The van der Waals surface area contributed by atoms with Gasteiger partial charge in [0.1, 0.15) is 5.69 Å². The highest BCUT2D eigenvalue weighted by molar-refractivity contribution is 5.90. The predicted octanol–water partition coefficient (Wildman–Crippen LogP) is 3.60. The van der Waals surface area contributed by atoms with E-state index in [4.69, 9.17) is 0 Å². The Balaban J connectivity index is 1.97. The third-order valence-electron chi connectivity index (χ3n) is 3.66. The van der Waals surface area contributed by atoms with Gasteiger partial charge in [-0.05, 0) is 42.0 Å². The third kappa shape index (κ3) is 2.48. The standard InChI is InChI=1S/C18H13N5/c1-7-19-8-2-13(1)16-17(14-3-9-20-10-4-14)22-23-18(16)15-5-11-21-12-6-15/h1-12H,(H,22,23). The zero-order valence-corrected chi connectivity index (χ0v) is 12.2. The van der Waals surface area contributed by atoms with Gasteiger partial charge in [0.15, 0.2) is 0 Å². The molecule has 0 radical (unpaired) electrons. The summed E-state index contributed by atoms with van der Waals surface area (Å²) in [6.45, 7) is 0. The molecule has 0 spiro atoms. The van der Waals surface area contributed by atoms with E-state index in [0.29, 0.717) is 0 Å². The van der Waals surface area contributed by atoms with Gasteiger partial charge in [-0.15, -0.1) is 0 Å². The lowest BCUT2D eigenvalue weighted by Crippen LogP contribution is -1.86. The molecule has 110 valence electrons. The molecule has 4 aromatic heterocycles. The lowest BCUT2D eigenvalue weighted by atomic mass is 9.97. The SMILES string of the molecule is c1cc(-c2n[nH]c(-c3ccncc3)c2-c2ccncc2)ccn1. The van der Waals surface area contributed by atoms with E-state index in [2.05, 4.69) is 25.1 Å². The van der Waals surface area contributed by atoms with Crippen molar-refractivity contribution in [3.63, 3.8) is 0 Å². The number of rotatable bonds is 3. The van der Waals surface area contributed by atoms with Crippen LogP contribution in [0.2, 0.25) is 0 Å². The van der Waals surface area contributed by atoms with Gasteiger partial charge in [0, 0.05) is 53.9 Å². The molecule has 0 aliphatic carbocycles. The van der Waals surface area contributed by atoms with Gasteiger partial charge in [-0.2, -0.15) is 5.10 Å². The number of aromatic nitrogens is 5. The van der Waals surface area contributed by atoms with Crippen LogP contribution in [0, 0.1) is 0 Å². The smallest absolute Gasteiger partial charge is 0.101 e. The molecule has 0 aromatic carbocycles. The topological polar surface area (TPSA) is 67.3 Å². The predicted molar refractivity (Wildman–Crippen MR) is 88.3 cm³/mol. The molecule has 0 unspecified atom stereocenters. The monoisotopic (exact) mass is 299 g/mol. The van der Waals surface area contributed by atoms with Gasteiger partial charge in [0.25, 0.3) is 0 Å². The Morgan fingerprint density at radius 3 is 1.61 bits per heavy atom. The second kappa shape index (κ2) is 5.81. The summed E-state index contributed by atoms with van der Waals surface area (Å²) in [5.74, 6) is 0. The molecule has 4 heterocycles. The van der Waals surface area contributed by atoms with Crippen molar-refractivity contribution in [2.45, 2.75) is 0 Å². The van der Waals surface area contributed by atoms with Crippen molar-refractivity contribution in [2.24, 2.45) is 0 Å². The van der Waals surface area contributed by atoms with Crippen LogP contribution in [0.5, 0.6) is 0 Å². The van der Waals surface area contributed by atoms with Crippen LogP contribution in [0.4, 0.5) is 0 Å². The first-order valence-electron chi connectivity index (χ1n) is 7.23. The second-order valence-corrected chi connectivity index (χ2v) is 5.03. The average Bonchev–Trinajstić information content (AvgIpc) is 3.09. The Kier molecular flexibility index (Phi) is 3.37. The summed E-state index contributed by atoms with van der Waals surface area (Å²) in [5, 5.41) is 7.71. The number of hydrogen-bond acceptors (Lipinski definition) is 4. The van der Waals surface area contributed by atoms with Crippen molar-refractivity contribution in [3.8, 4) is 33.6 Å². The summed E-state index contributed by atoms with van der Waals surface area (Å²) in [6, 6.07) is 11.8. The number of pyridine rings is 3. The number of H-pyrrole nitrogens is 1. The molecule has 23 heavy (non-hydrogen) atoms. The summed E-state index contributed by atoms with van der Waals surface area (Å²) in [4.78, 5) is 12.3. The molecule has 0 amide bonds. The Morgan fingerprint density at radius 1 is 0.565 bits per heavy atom. The van der Waals surface area contributed by atoms with E-state index in [-0.39, 0.29) is 0 Å². The zero-order chi connectivity index (χ0) is 15.5. The average molecular weight is 299 g/mol. The first-order chi connectivity index (χ1) is 11.4. The van der Waals surface area contributed by atoms with Crippen LogP contribution < -0.4 is 0 Å². The first kappa shape index (κ1) is 13.3. The summed E-state index contributed by atoms with van der Waals surface area (Å²) in [5.41, 5.74) is 6.02. The largest absolute Gasteiger partial charge is 0.277 e. The molecular weight excluding hydrogens is 286 g/mol. The van der Waals surface area contributed by atoms with Crippen LogP contribution in [0.15, 0.2) is 73.6 Å². The minimum atomic E-state index is 0.894. The highest BCUT2D eigenvalue weighted by atomic mass is 15.1. The number of aromatic amines is 1. The van der Waals surface area contributed by atoms with Crippen molar-refractivity contribution in [3.05, 3.63) is 73.6 Å². The normalized spacial score (nSPS) is 10.6. The lowest BCUT2D eigenvalue weighted by molar-refractivity contribution is 1.10. The quantitative estimate of drug-likeness (QED) is 0.627. The van der Waals surface area contributed by atoms with E-state index in [1.807, 2.05) is 36.4 Å². The van der Waals surface area contributed by atoms with Crippen LogP contribution in [0.25, 0.3) is 33.6 Å². The summed E-state index contributed by atoms with van der Waals surface area (Å²) < 4.78 is 0. The lowest BCUT2D eigenvalue weighted by Gasteiger charge is -2.06. The maximum absolute atomic E-state index is 4.55. The fourth-order valence-electron chi connectivity index (χ4n) is 2.59. The zero-order valence-electron chi connectivity index (χ0n) is 12.2. The number of nitrogens with zero attached hydrogens (tertiary/aromatic N) is 4. The van der Waals surface area contributed by atoms with Crippen LogP contribution >= 0.6 is 0 Å². The molecule has 0 saturated carbocycles.